The first-order valence-corrected chi connectivity index (χ1v) is 13.4. The molecule has 0 bridgehead atoms. The normalized spacial score (nSPS) is 11.7. The van der Waals surface area contributed by atoms with Crippen LogP contribution in [0.15, 0.2) is 65.6 Å². The minimum absolute atomic E-state index is 0.0608. The average molecular weight is 570 g/mol. The van der Waals surface area contributed by atoms with Crippen molar-refractivity contribution in [1.82, 2.24) is 9.29 Å². The minimum Gasteiger partial charge on any atom is -0.321 e. The van der Waals surface area contributed by atoms with E-state index in [0.29, 0.717) is 18.4 Å². The smallest absolute Gasteiger partial charge is 0.321 e. The summed E-state index contributed by atoms with van der Waals surface area (Å²) in [7, 11) is -3.90. The second-order valence-electron chi connectivity index (χ2n) is 8.27. The maximum Gasteiger partial charge on any atom is 0.416 e. The molecule has 2 amide bonds. The topological polar surface area (TPSA) is 114 Å². The lowest BCUT2D eigenvalue weighted by Crippen LogP contribution is -2.34. The van der Waals surface area contributed by atoms with Crippen molar-refractivity contribution < 1.29 is 31.2 Å². The van der Waals surface area contributed by atoms with Crippen LogP contribution in [-0.4, -0.2) is 30.6 Å². The number of alkyl halides is 3. The van der Waals surface area contributed by atoms with Crippen LogP contribution in [0.2, 0.25) is 5.02 Å². The molecule has 0 radical (unpaired) electrons. The van der Waals surface area contributed by atoms with Crippen molar-refractivity contribution in [2.45, 2.75) is 32.5 Å². The van der Waals surface area contributed by atoms with E-state index in [2.05, 4.69) is 5.32 Å². The Hall–Kier alpha value is -3.64. The molecule has 0 unspecified atom stereocenters. The van der Waals surface area contributed by atoms with Crippen LogP contribution in [0.3, 0.4) is 0 Å². The van der Waals surface area contributed by atoms with Gasteiger partial charge in [-0.1, -0.05) is 49.2 Å². The average Bonchev–Trinajstić information content (AvgIpc) is 2.84. The summed E-state index contributed by atoms with van der Waals surface area (Å²) in [6.45, 7) is 1.66. The van der Waals surface area contributed by atoms with Crippen LogP contribution in [-0.2, 0) is 22.7 Å². The largest absolute Gasteiger partial charge is 0.416 e. The molecule has 0 saturated carbocycles. The zero-order valence-corrected chi connectivity index (χ0v) is 21.6. The Bertz CT molecular complexity index is 1500. The monoisotopic (exact) mass is 569 g/mol. The van der Waals surface area contributed by atoms with Crippen LogP contribution in [0.4, 0.5) is 18.9 Å². The van der Waals surface area contributed by atoms with Gasteiger partial charge in [0.05, 0.1) is 34.1 Å². The molecule has 202 valence electrons. The zero-order chi connectivity index (χ0) is 28.1. The van der Waals surface area contributed by atoms with Gasteiger partial charge in [0, 0.05) is 6.20 Å². The van der Waals surface area contributed by atoms with Crippen molar-refractivity contribution in [2.24, 2.45) is 0 Å². The van der Waals surface area contributed by atoms with E-state index in [1.807, 2.05) is 4.72 Å². The molecule has 2 N–H and O–H groups in total. The fourth-order valence-electron chi connectivity index (χ4n) is 3.43. The van der Waals surface area contributed by atoms with Crippen molar-refractivity contribution in [3.8, 4) is 0 Å². The number of benzene rings is 2. The number of amides is 2. The quantitative estimate of drug-likeness (QED) is 0.388. The van der Waals surface area contributed by atoms with Crippen LogP contribution in [0, 0.1) is 0 Å². The summed E-state index contributed by atoms with van der Waals surface area (Å²) in [5.74, 6) is -2.17. The van der Waals surface area contributed by atoms with Gasteiger partial charge in [-0.25, -0.2) is 13.1 Å². The van der Waals surface area contributed by atoms with E-state index in [0.717, 1.165) is 16.7 Å². The van der Waals surface area contributed by atoms with E-state index >= 15 is 0 Å². The number of nitrogens with one attached hydrogen (secondary N) is 2. The van der Waals surface area contributed by atoms with Gasteiger partial charge in [0.1, 0.15) is 5.56 Å². The number of carbonyl (C=O) groups excluding carboxylic acids is 2. The molecule has 0 saturated heterocycles. The van der Waals surface area contributed by atoms with Gasteiger partial charge in [0.25, 0.3) is 17.4 Å². The molecular weight excluding hydrogens is 547 g/mol. The highest BCUT2D eigenvalue weighted by molar-refractivity contribution is 7.90. The second-order valence-corrected chi connectivity index (χ2v) is 10.5. The Balaban J connectivity index is 1.85. The van der Waals surface area contributed by atoms with Crippen LogP contribution < -0.4 is 15.6 Å². The van der Waals surface area contributed by atoms with Crippen LogP contribution in [0.25, 0.3) is 0 Å². The number of aromatic nitrogens is 1. The predicted octanol–water partition coefficient (Wildman–Crippen LogP) is 4.68. The van der Waals surface area contributed by atoms with Crippen molar-refractivity contribution in [2.75, 3.05) is 11.1 Å². The first kappa shape index (κ1) is 28.9. The molecular formula is C25H23ClF3N3O5S. The van der Waals surface area contributed by atoms with Gasteiger partial charge in [0.2, 0.25) is 10.0 Å². The first-order chi connectivity index (χ1) is 17.8. The number of para-hydroxylation sites is 1. The van der Waals surface area contributed by atoms with Gasteiger partial charge >= 0.3 is 6.18 Å². The number of nitrogens with zero attached hydrogens (tertiary/aromatic N) is 1. The number of anilines is 1. The molecule has 3 aromatic rings. The number of rotatable bonds is 9. The summed E-state index contributed by atoms with van der Waals surface area (Å²) < 4.78 is 65.8. The Morgan fingerprint density at radius 2 is 1.66 bits per heavy atom. The van der Waals surface area contributed by atoms with E-state index in [-0.39, 0.29) is 28.6 Å². The third kappa shape index (κ3) is 7.23. The number of halogens is 4. The number of unbranched alkanes of at least 4 members (excludes halogenated alkanes) is 1. The van der Waals surface area contributed by atoms with Crippen LogP contribution in [0.5, 0.6) is 0 Å². The SMILES string of the molecule is CCCCS(=O)(=O)NC(=O)c1ccccc1NC(=O)c1c(Cl)ccn(Cc2ccc(C(F)(F)F)cc2)c1=O. The fourth-order valence-corrected chi connectivity index (χ4v) is 4.82. The number of sulfonamides is 1. The zero-order valence-electron chi connectivity index (χ0n) is 20.0. The Kier molecular flexibility index (Phi) is 9.00. The van der Waals surface area contributed by atoms with Crippen molar-refractivity contribution >= 4 is 39.1 Å². The highest BCUT2D eigenvalue weighted by atomic mass is 35.5. The summed E-state index contributed by atoms with van der Waals surface area (Å²) in [6.07, 6.45) is -2.25. The predicted molar refractivity (Wildman–Crippen MR) is 137 cm³/mol. The van der Waals surface area contributed by atoms with Gasteiger partial charge < -0.3 is 9.88 Å². The number of carbonyl (C=O) groups is 2. The maximum absolute atomic E-state index is 13.0. The molecule has 0 aliphatic heterocycles. The molecule has 13 heteroatoms. The third-order valence-corrected chi connectivity index (χ3v) is 7.05. The molecule has 0 aliphatic rings. The standard InChI is InChI=1S/C25H23ClF3N3O5S/c1-2-3-14-38(36,37)31-22(33)18-6-4-5-7-20(18)30-23(34)21-19(26)12-13-32(24(21)35)15-16-8-10-17(11-9-16)25(27,28)29/h4-13H,2-3,14-15H2,1H3,(H,30,34)(H,31,33). The van der Waals surface area contributed by atoms with Crippen molar-refractivity contribution in [1.29, 1.82) is 0 Å². The number of hydrogen-bond acceptors (Lipinski definition) is 5. The molecule has 2 aromatic carbocycles. The molecule has 1 aromatic heterocycles. The lowest BCUT2D eigenvalue weighted by molar-refractivity contribution is -0.137. The lowest BCUT2D eigenvalue weighted by atomic mass is 10.1. The highest BCUT2D eigenvalue weighted by Gasteiger charge is 2.30. The third-order valence-electron chi connectivity index (χ3n) is 5.41. The van der Waals surface area contributed by atoms with Gasteiger partial charge in [-0.05, 0) is 42.3 Å². The number of pyridine rings is 1. The van der Waals surface area contributed by atoms with Crippen molar-refractivity contribution in [3.05, 3.63) is 98.4 Å². The molecule has 3 rings (SSSR count). The fraction of sp³-hybridized carbons (Fsp3) is 0.240. The van der Waals surface area contributed by atoms with E-state index in [1.165, 1.54) is 48.7 Å². The molecule has 0 spiro atoms. The maximum atomic E-state index is 13.0. The molecule has 0 aliphatic carbocycles. The summed E-state index contributed by atoms with van der Waals surface area (Å²) in [6, 6.07) is 11.1. The van der Waals surface area contributed by atoms with Gasteiger partial charge in [-0.15, -0.1) is 0 Å². The Morgan fingerprint density at radius 1 is 1.00 bits per heavy atom. The summed E-state index contributed by atoms with van der Waals surface area (Å²) in [5, 5.41) is 2.22. The van der Waals surface area contributed by atoms with E-state index in [4.69, 9.17) is 11.6 Å². The van der Waals surface area contributed by atoms with E-state index in [9.17, 15) is 36.0 Å². The van der Waals surface area contributed by atoms with Gasteiger partial charge in [-0.2, -0.15) is 13.2 Å². The highest BCUT2D eigenvalue weighted by Crippen LogP contribution is 2.29. The van der Waals surface area contributed by atoms with Crippen LogP contribution >= 0.6 is 11.6 Å². The lowest BCUT2D eigenvalue weighted by Gasteiger charge is -2.13. The molecule has 0 atom stereocenters. The Morgan fingerprint density at radius 3 is 2.29 bits per heavy atom. The molecule has 38 heavy (non-hydrogen) atoms. The van der Waals surface area contributed by atoms with E-state index < -0.39 is 44.7 Å². The van der Waals surface area contributed by atoms with Crippen LogP contribution in [0.1, 0.15) is 51.6 Å². The van der Waals surface area contributed by atoms with E-state index in [1.54, 1.807) is 6.92 Å². The number of hydrogen-bond donors (Lipinski definition) is 2. The van der Waals surface area contributed by atoms with Gasteiger partial charge in [0.15, 0.2) is 0 Å². The first-order valence-electron chi connectivity index (χ1n) is 11.3. The summed E-state index contributed by atoms with van der Waals surface area (Å²) in [5.41, 5.74) is -1.97. The van der Waals surface area contributed by atoms with Gasteiger partial charge in [-0.3, -0.25) is 14.4 Å². The molecule has 1 heterocycles. The summed E-state index contributed by atoms with van der Waals surface area (Å²) >= 11 is 6.12. The second kappa shape index (κ2) is 11.8. The summed E-state index contributed by atoms with van der Waals surface area (Å²) in [4.78, 5) is 38.7. The minimum atomic E-state index is -4.51. The molecule has 0 fully saturated rings. The Labute approximate surface area is 221 Å². The molecule has 8 nitrogen and oxygen atoms in total. The van der Waals surface area contributed by atoms with Crippen molar-refractivity contribution in [3.63, 3.8) is 0 Å².